The number of aliphatic hydroxyl groups is 1. The first-order valence-electron chi connectivity index (χ1n) is 11.3. The van der Waals surface area contributed by atoms with Gasteiger partial charge in [-0.05, 0) is 60.9 Å². The number of hydrogen-bond acceptors (Lipinski definition) is 7. The number of ketones is 1. The normalized spacial score (nSPS) is 17.1. The van der Waals surface area contributed by atoms with E-state index in [1.807, 2.05) is 26.0 Å². The van der Waals surface area contributed by atoms with Crippen molar-refractivity contribution < 1.29 is 24.2 Å². The number of carbonyl (C=O) groups excluding carboxylic acids is 2. The van der Waals surface area contributed by atoms with E-state index in [1.54, 1.807) is 55.6 Å². The highest BCUT2D eigenvalue weighted by Gasteiger charge is 2.48. The summed E-state index contributed by atoms with van der Waals surface area (Å²) in [6.07, 6.45) is 0. The SMILES string of the molecule is COc1ccc([C@@H]2/C(=C(\O)c3cccc(OC)c3)C(=O)C(=O)N2c2nc3c(C)cc(C)cc3s2)cc1. The van der Waals surface area contributed by atoms with E-state index in [0.29, 0.717) is 27.8 Å². The van der Waals surface area contributed by atoms with Crippen molar-refractivity contribution in [3.8, 4) is 11.5 Å². The van der Waals surface area contributed by atoms with Crippen LogP contribution >= 0.6 is 11.3 Å². The Kier molecular flexibility index (Phi) is 5.97. The van der Waals surface area contributed by atoms with Crippen molar-refractivity contribution in [1.29, 1.82) is 0 Å². The van der Waals surface area contributed by atoms with Gasteiger partial charge in [0, 0.05) is 5.56 Å². The van der Waals surface area contributed by atoms with Crippen molar-refractivity contribution >= 4 is 44.1 Å². The van der Waals surface area contributed by atoms with Crippen molar-refractivity contribution in [1.82, 2.24) is 4.98 Å². The standard InChI is InChI=1S/C28H24N2O5S/c1-15-12-16(2)23-21(13-15)36-28(29-23)30-24(17-8-10-19(34-3)11-9-17)22(26(32)27(30)33)25(31)18-6-5-7-20(14-18)35-4/h5-14,24,31H,1-4H3/b25-22+/t24-/m1/s1. The lowest BCUT2D eigenvalue weighted by Gasteiger charge is -2.23. The fourth-order valence-corrected chi connectivity index (χ4v) is 5.69. The third kappa shape index (κ3) is 3.89. The van der Waals surface area contributed by atoms with Gasteiger partial charge in [-0.25, -0.2) is 4.98 Å². The molecule has 0 saturated carbocycles. The van der Waals surface area contributed by atoms with Crippen LogP contribution in [-0.2, 0) is 9.59 Å². The van der Waals surface area contributed by atoms with Crippen molar-refractivity contribution in [3.05, 3.63) is 88.5 Å². The lowest BCUT2D eigenvalue weighted by atomic mass is 9.95. The highest BCUT2D eigenvalue weighted by molar-refractivity contribution is 7.22. The van der Waals surface area contributed by atoms with Gasteiger partial charge >= 0.3 is 5.91 Å². The highest BCUT2D eigenvalue weighted by Crippen LogP contribution is 2.45. The molecule has 4 aromatic rings. The zero-order valence-corrected chi connectivity index (χ0v) is 21.1. The molecule has 1 amide bonds. The maximum absolute atomic E-state index is 13.5. The summed E-state index contributed by atoms with van der Waals surface area (Å²) in [4.78, 5) is 33.0. The molecule has 0 aliphatic carbocycles. The van der Waals surface area contributed by atoms with Crippen LogP contribution in [0.5, 0.6) is 11.5 Å². The summed E-state index contributed by atoms with van der Waals surface area (Å²) >= 11 is 1.34. The minimum atomic E-state index is -0.871. The van der Waals surface area contributed by atoms with Gasteiger partial charge in [0.25, 0.3) is 5.78 Å². The Morgan fingerprint density at radius 1 is 0.972 bits per heavy atom. The van der Waals surface area contributed by atoms with Crippen LogP contribution in [0.15, 0.2) is 66.2 Å². The molecule has 1 aliphatic heterocycles. The van der Waals surface area contributed by atoms with E-state index in [-0.39, 0.29) is 11.3 Å². The van der Waals surface area contributed by atoms with Gasteiger partial charge in [-0.3, -0.25) is 14.5 Å². The third-order valence-electron chi connectivity index (χ3n) is 6.24. The van der Waals surface area contributed by atoms with Crippen LogP contribution in [0.4, 0.5) is 5.13 Å². The molecule has 5 rings (SSSR count). The van der Waals surface area contributed by atoms with Crippen LogP contribution in [0.3, 0.4) is 0 Å². The summed E-state index contributed by atoms with van der Waals surface area (Å²) in [6.45, 7) is 3.97. The quantitative estimate of drug-likeness (QED) is 0.219. The largest absolute Gasteiger partial charge is 0.507 e. The molecule has 1 aromatic heterocycles. The van der Waals surface area contributed by atoms with Crippen molar-refractivity contribution in [2.45, 2.75) is 19.9 Å². The van der Waals surface area contributed by atoms with Gasteiger partial charge in [-0.15, -0.1) is 0 Å². The highest BCUT2D eigenvalue weighted by atomic mass is 32.1. The molecular formula is C28H24N2O5S. The monoisotopic (exact) mass is 500 g/mol. The molecule has 1 N–H and O–H groups in total. The van der Waals surface area contributed by atoms with Crippen LogP contribution in [0.1, 0.15) is 28.3 Å². The van der Waals surface area contributed by atoms with Crippen molar-refractivity contribution in [2.75, 3.05) is 19.1 Å². The maximum atomic E-state index is 13.5. The van der Waals surface area contributed by atoms with E-state index in [1.165, 1.54) is 23.3 Å². The number of ether oxygens (including phenoxy) is 2. The second-order valence-corrected chi connectivity index (χ2v) is 9.61. The Balaban J connectivity index is 1.73. The minimum absolute atomic E-state index is 0.00872. The Morgan fingerprint density at radius 2 is 1.69 bits per heavy atom. The summed E-state index contributed by atoms with van der Waals surface area (Å²) in [5, 5.41) is 11.7. The summed E-state index contributed by atoms with van der Waals surface area (Å²) in [5.41, 5.74) is 3.87. The van der Waals surface area contributed by atoms with E-state index >= 15 is 0 Å². The van der Waals surface area contributed by atoms with Gasteiger partial charge < -0.3 is 14.6 Å². The molecule has 0 radical (unpaired) electrons. The molecule has 8 heteroatoms. The summed E-state index contributed by atoms with van der Waals surface area (Å²) in [7, 11) is 3.08. The number of benzene rings is 3. The molecule has 182 valence electrons. The smallest absolute Gasteiger partial charge is 0.301 e. The minimum Gasteiger partial charge on any atom is -0.507 e. The summed E-state index contributed by atoms with van der Waals surface area (Å²) < 4.78 is 11.5. The van der Waals surface area contributed by atoms with Crippen LogP contribution in [0.25, 0.3) is 16.0 Å². The average molecular weight is 501 g/mol. The van der Waals surface area contributed by atoms with Gasteiger partial charge in [0.05, 0.1) is 36.1 Å². The topological polar surface area (TPSA) is 89.0 Å². The molecule has 36 heavy (non-hydrogen) atoms. The van der Waals surface area contributed by atoms with E-state index in [4.69, 9.17) is 14.5 Å². The summed E-state index contributed by atoms with van der Waals surface area (Å²) in [5.74, 6) is -0.637. The maximum Gasteiger partial charge on any atom is 0.301 e. The molecule has 1 fully saturated rings. The van der Waals surface area contributed by atoms with Gasteiger partial charge in [0.1, 0.15) is 17.3 Å². The van der Waals surface area contributed by atoms with Crippen LogP contribution in [-0.4, -0.2) is 36.0 Å². The molecular weight excluding hydrogens is 476 g/mol. The number of aryl methyl sites for hydroxylation is 2. The molecule has 2 heterocycles. The van der Waals surface area contributed by atoms with E-state index in [0.717, 1.165) is 21.3 Å². The Hall–Kier alpha value is -4.17. The Bertz CT molecular complexity index is 1540. The molecule has 1 aliphatic rings. The Labute approximate surface area is 212 Å². The number of hydrogen-bond donors (Lipinski definition) is 1. The number of fused-ring (bicyclic) bond motifs is 1. The number of rotatable bonds is 5. The number of amides is 1. The second-order valence-electron chi connectivity index (χ2n) is 8.60. The van der Waals surface area contributed by atoms with Crippen molar-refractivity contribution in [2.24, 2.45) is 0 Å². The van der Waals surface area contributed by atoms with Gasteiger partial charge in [0.15, 0.2) is 5.13 Å². The number of thiazole rings is 1. The number of methoxy groups -OCH3 is 2. The molecule has 7 nitrogen and oxygen atoms in total. The predicted molar refractivity (Wildman–Crippen MR) is 140 cm³/mol. The fraction of sp³-hybridized carbons (Fsp3) is 0.179. The zero-order valence-electron chi connectivity index (χ0n) is 20.2. The van der Waals surface area contributed by atoms with Gasteiger partial charge in [-0.2, -0.15) is 0 Å². The van der Waals surface area contributed by atoms with E-state index in [2.05, 4.69) is 0 Å². The number of anilines is 1. The predicted octanol–water partition coefficient (Wildman–Crippen LogP) is 5.56. The molecule has 0 bridgehead atoms. The van der Waals surface area contributed by atoms with Crippen LogP contribution in [0, 0.1) is 13.8 Å². The fourth-order valence-electron chi connectivity index (χ4n) is 4.52. The molecule has 0 spiro atoms. The number of aliphatic hydroxyl groups excluding tert-OH is 1. The zero-order chi connectivity index (χ0) is 25.6. The van der Waals surface area contributed by atoms with Crippen molar-refractivity contribution in [3.63, 3.8) is 0 Å². The third-order valence-corrected chi connectivity index (χ3v) is 7.25. The number of carbonyl (C=O) groups is 2. The lowest BCUT2D eigenvalue weighted by Crippen LogP contribution is -2.29. The van der Waals surface area contributed by atoms with E-state index in [9.17, 15) is 14.7 Å². The first-order chi connectivity index (χ1) is 17.3. The van der Waals surface area contributed by atoms with Gasteiger partial charge in [-0.1, -0.05) is 41.7 Å². The number of nitrogens with zero attached hydrogens (tertiary/aromatic N) is 2. The molecule has 3 aromatic carbocycles. The lowest BCUT2D eigenvalue weighted by molar-refractivity contribution is -0.132. The Morgan fingerprint density at radius 3 is 2.39 bits per heavy atom. The molecule has 0 unspecified atom stereocenters. The van der Waals surface area contributed by atoms with Gasteiger partial charge in [0.2, 0.25) is 0 Å². The molecule has 1 atom stereocenters. The van der Waals surface area contributed by atoms with Crippen LogP contribution in [0.2, 0.25) is 0 Å². The van der Waals surface area contributed by atoms with E-state index < -0.39 is 17.7 Å². The van der Waals surface area contributed by atoms with Crippen LogP contribution < -0.4 is 14.4 Å². The first kappa shape index (κ1) is 23.6. The summed E-state index contributed by atoms with van der Waals surface area (Å²) in [6, 6.07) is 17.0. The number of Topliss-reactive ketones (excluding diaryl/α,β-unsaturated/α-hetero) is 1. The number of aromatic nitrogens is 1. The first-order valence-corrected chi connectivity index (χ1v) is 12.1. The average Bonchev–Trinajstić information content (AvgIpc) is 3.42. The second kappa shape index (κ2) is 9.13. The molecule has 1 saturated heterocycles.